The number of pyridine rings is 1. The molecule has 0 saturated carbocycles. The molecule has 0 spiro atoms. The maximum Gasteiger partial charge on any atom is 0.254 e. The third-order valence-electron chi connectivity index (χ3n) is 4.17. The van der Waals surface area contributed by atoms with Gasteiger partial charge in [0.25, 0.3) is 5.91 Å². The lowest BCUT2D eigenvalue weighted by Gasteiger charge is -2.22. The minimum Gasteiger partial charge on any atom is -0.508 e. The number of hydrogen-bond acceptors (Lipinski definition) is 4. The van der Waals surface area contributed by atoms with Crippen molar-refractivity contribution in [2.45, 2.75) is 13.1 Å². The van der Waals surface area contributed by atoms with Crippen molar-refractivity contribution in [3.8, 4) is 5.75 Å². The van der Waals surface area contributed by atoms with Gasteiger partial charge in [0.15, 0.2) is 0 Å². The number of phenolic OH excluding ortho intramolecular Hbond substituents is 1. The summed E-state index contributed by atoms with van der Waals surface area (Å²) in [6.45, 7) is 0.756. The number of hydrogen-bond donors (Lipinski definition) is 1. The second-order valence-corrected chi connectivity index (χ2v) is 6.02. The van der Waals surface area contributed by atoms with Crippen molar-refractivity contribution in [1.29, 1.82) is 0 Å². The summed E-state index contributed by atoms with van der Waals surface area (Å²) in [6.07, 6.45) is 6.94. The molecule has 0 saturated heterocycles. The van der Waals surface area contributed by atoms with Gasteiger partial charge >= 0.3 is 0 Å². The summed E-state index contributed by atoms with van der Waals surface area (Å²) >= 11 is 0. The van der Waals surface area contributed by atoms with Crippen LogP contribution in [0.2, 0.25) is 0 Å². The Balaban J connectivity index is 1.63. The van der Waals surface area contributed by atoms with Gasteiger partial charge in [-0.3, -0.25) is 4.79 Å². The van der Waals surface area contributed by atoms with E-state index in [0.29, 0.717) is 24.4 Å². The van der Waals surface area contributed by atoms with E-state index in [9.17, 15) is 9.90 Å². The fraction of sp³-hybridized carbons (Fsp3) is 0.100. The van der Waals surface area contributed by atoms with Crippen molar-refractivity contribution < 1.29 is 14.3 Å². The molecule has 0 fully saturated rings. The van der Waals surface area contributed by atoms with Crippen LogP contribution >= 0.6 is 0 Å². The van der Waals surface area contributed by atoms with E-state index < -0.39 is 0 Å². The van der Waals surface area contributed by atoms with E-state index in [-0.39, 0.29) is 11.7 Å². The van der Waals surface area contributed by atoms with Gasteiger partial charge in [-0.1, -0.05) is 12.1 Å². The van der Waals surface area contributed by atoms with Crippen LogP contribution in [0.5, 0.6) is 5.75 Å². The highest BCUT2D eigenvalue weighted by Gasteiger charge is 2.18. The predicted octanol–water partition coefficient (Wildman–Crippen LogP) is 3.48. The lowest BCUT2D eigenvalue weighted by atomic mass is 10.1. The van der Waals surface area contributed by atoms with Crippen molar-refractivity contribution in [3.05, 3.63) is 90.3 Å². The maximum absolute atomic E-state index is 13.1. The number of furan rings is 1. The average molecular weight is 347 g/mol. The maximum atomic E-state index is 13.1. The number of amides is 1. The topological polar surface area (TPSA) is 71.0 Å². The Morgan fingerprint density at radius 3 is 2.73 bits per heavy atom. The van der Waals surface area contributed by atoms with Gasteiger partial charge in [0.2, 0.25) is 0 Å². The minimum atomic E-state index is -0.111. The molecule has 0 aliphatic rings. The summed E-state index contributed by atoms with van der Waals surface area (Å²) in [6, 6.07) is 14.0. The van der Waals surface area contributed by atoms with Gasteiger partial charge in [0, 0.05) is 30.7 Å². The molecule has 1 N–H and O–H groups in total. The van der Waals surface area contributed by atoms with E-state index in [0.717, 1.165) is 11.2 Å². The van der Waals surface area contributed by atoms with Crippen molar-refractivity contribution in [2.24, 2.45) is 0 Å². The van der Waals surface area contributed by atoms with Gasteiger partial charge in [-0.25, -0.2) is 4.98 Å². The lowest BCUT2D eigenvalue weighted by Crippen LogP contribution is -2.30. The Morgan fingerprint density at radius 2 is 1.96 bits per heavy atom. The number of nitrogens with zero attached hydrogens (tertiary/aromatic N) is 3. The van der Waals surface area contributed by atoms with E-state index in [1.165, 1.54) is 0 Å². The smallest absolute Gasteiger partial charge is 0.254 e. The molecule has 6 nitrogen and oxygen atoms in total. The summed E-state index contributed by atoms with van der Waals surface area (Å²) in [5.74, 6) is 0.793. The molecule has 0 aliphatic heterocycles. The summed E-state index contributed by atoms with van der Waals surface area (Å²) in [5, 5.41) is 9.46. The van der Waals surface area contributed by atoms with Crippen LogP contribution in [0.3, 0.4) is 0 Å². The number of carbonyl (C=O) groups is 1. The second-order valence-electron chi connectivity index (χ2n) is 6.02. The fourth-order valence-electron chi connectivity index (χ4n) is 2.84. The van der Waals surface area contributed by atoms with Crippen LogP contribution in [-0.2, 0) is 13.1 Å². The van der Waals surface area contributed by atoms with E-state index in [4.69, 9.17) is 4.42 Å². The molecule has 3 heterocycles. The van der Waals surface area contributed by atoms with Crippen molar-refractivity contribution >= 4 is 11.6 Å². The largest absolute Gasteiger partial charge is 0.508 e. The highest BCUT2D eigenvalue weighted by molar-refractivity contribution is 5.95. The fourth-order valence-corrected chi connectivity index (χ4v) is 2.84. The molecular weight excluding hydrogens is 330 g/mol. The molecule has 1 amide bonds. The normalized spacial score (nSPS) is 10.9. The molecule has 26 heavy (non-hydrogen) atoms. The summed E-state index contributed by atoms with van der Waals surface area (Å²) in [5.41, 5.74) is 2.21. The first-order chi connectivity index (χ1) is 12.7. The SMILES string of the molecule is O=C(c1ccn2ccnc2c1)N(Cc1ccc(O)cc1)Cc1ccco1. The molecule has 0 unspecified atom stereocenters. The molecule has 4 rings (SSSR count). The molecule has 3 aromatic heterocycles. The number of phenols is 1. The third-order valence-corrected chi connectivity index (χ3v) is 4.17. The average Bonchev–Trinajstić information content (AvgIpc) is 3.33. The number of aromatic hydroxyl groups is 1. The van der Waals surface area contributed by atoms with Gasteiger partial charge in [-0.05, 0) is 42.0 Å². The molecular formula is C20H17N3O3. The predicted molar refractivity (Wildman–Crippen MR) is 95.6 cm³/mol. The molecule has 4 aromatic rings. The van der Waals surface area contributed by atoms with Crippen molar-refractivity contribution in [1.82, 2.24) is 14.3 Å². The quantitative estimate of drug-likeness (QED) is 0.600. The Labute approximate surface area is 149 Å². The third kappa shape index (κ3) is 3.30. The van der Waals surface area contributed by atoms with Crippen molar-refractivity contribution in [2.75, 3.05) is 0 Å². The molecule has 0 radical (unpaired) electrons. The van der Waals surface area contributed by atoms with Gasteiger partial charge in [0.1, 0.15) is 17.2 Å². The summed E-state index contributed by atoms with van der Waals surface area (Å²) in [4.78, 5) is 19.1. The lowest BCUT2D eigenvalue weighted by molar-refractivity contribution is 0.0717. The van der Waals surface area contributed by atoms with Crippen molar-refractivity contribution in [3.63, 3.8) is 0 Å². The zero-order valence-corrected chi connectivity index (χ0v) is 13.9. The van der Waals surface area contributed by atoms with Crippen LogP contribution in [0.4, 0.5) is 0 Å². The number of aromatic nitrogens is 2. The molecule has 0 bridgehead atoms. The van der Waals surface area contributed by atoms with Crippen LogP contribution in [0.15, 0.2) is 77.8 Å². The Hall–Kier alpha value is -3.54. The zero-order valence-electron chi connectivity index (χ0n) is 13.9. The van der Waals surface area contributed by atoms with E-state index in [2.05, 4.69) is 4.98 Å². The summed E-state index contributed by atoms with van der Waals surface area (Å²) in [7, 11) is 0. The number of carbonyl (C=O) groups excluding carboxylic acids is 1. The second kappa shape index (κ2) is 6.76. The summed E-state index contributed by atoms with van der Waals surface area (Å²) < 4.78 is 7.27. The Bertz CT molecular complexity index is 1020. The van der Waals surface area contributed by atoms with E-state index in [1.54, 1.807) is 59.8 Å². The van der Waals surface area contributed by atoms with Crippen LogP contribution in [0.25, 0.3) is 5.65 Å². The molecule has 6 heteroatoms. The minimum absolute atomic E-state index is 0.111. The highest BCUT2D eigenvalue weighted by atomic mass is 16.3. The Kier molecular flexibility index (Phi) is 4.15. The molecule has 130 valence electrons. The van der Waals surface area contributed by atoms with E-state index >= 15 is 0 Å². The highest BCUT2D eigenvalue weighted by Crippen LogP contribution is 2.17. The van der Waals surface area contributed by atoms with Gasteiger partial charge in [0.05, 0.1) is 12.8 Å². The first-order valence-corrected chi connectivity index (χ1v) is 8.21. The molecule has 1 aromatic carbocycles. The number of imidazole rings is 1. The van der Waals surface area contributed by atoms with Gasteiger partial charge < -0.3 is 18.8 Å². The van der Waals surface area contributed by atoms with Crippen LogP contribution in [-0.4, -0.2) is 25.3 Å². The van der Waals surface area contributed by atoms with Gasteiger partial charge in [-0.2, -0.15) is 0 Å². The monoisotopic (exact) mass is 347 g/mol. The van der Waals surface area contributed by atoms with E-state index in [1.807, 2.05) is 22.9 Å². The van der Waals surface area contributed by atoms with Crippen LogP contribution < -0.4 is 0 Å². The molecule has 0 aliphatic carbocycles. The number of fused-ring (bicyclic) bond motifs is 1. The Morgan fingerprint density at radius 1 is 1.12 bits per heavy atom. The van der Waals surface area contributed by atoms with Crippen LogP contribution in [0, 0.1) is 0 Å². The zero-order chi connectivity index (χ0) is 17.9. The number of benzene rings is 1. The van der Waals surface area contributed by atoms with Crippen LogP contribution in [0.1, 0.15) is 21.7 Å². The van der Waals surface area contributed by atoms with Gasteiger partial charge in [-0.15, -0.1) is 0 Å². The first-order valence-electron chi connectivity index (χ1n) is 8.21. The first kappa shape index (κ1) is 16.0. The molecule has 0 atom stereocenters. The number of rotatable bonds is 5. The standard InChI is InChI=1S/C20H17N3O3/c24-17-5-3-15(4-6-17)13-23(14-18-2-1-11-26-18)20(25)16-7-9-22-10-8-21-19(22)12-16/h1-12,24H,13-14H2.